The molecule has 0 aliphatic heterocycles. The maximum atomic E-state index is 11.9. The molecule has 0 fully saturated rings. The van der Waals surface area contributed by atoms with Crippen molar-refractivity contribution in [1.82, 2.24) is 20.3 Å². The first-order valence-electron chi connectivity index (χ1n) is 6.53. The number of pyridine rings is 1. The Labute approximate surface area is 117 Å². The molecule has 0 aliphatic carbocycles. The summed E-state index contributed by atoms with van der Waals surface area (Å²) in [4.78, 5) is 24.1. The highest BCUT2D eigenvalue weighted by Gasteiger charge is 2.07. The van der Waals surface area contributed by atoms with Crippen LogP contribution in [-0.4, -0.2) is 33.9 Å². The molecule has 0 atom stereocenters. The van der Waals surface area contributed by atoms with Crippen LogP contribution in [0.2, 0.25) is 0 Å². The van der Waals surface area contributed by atoms with Gasteiger partial charge in [0.1, 0.15) is 17.8 Å². The smallest absolute Gasteiger partial charge is 0.270 e. The lowest BCUT2D eigenvalue weighted by Crippen LogP contribution is -2.27. The zero-order valence-corrected chi connectivity index (χ0v) is 11.3. The van der Waals surface area contributed by atoms with Gasteiger partial charge in [0.05, 0.1) is 0 Å². The molecule has 20 heavy (non-hydrogen) atoms. The number of nitrogens with one attached hydrogen (secondary N) is 2. The number of aromatic nitrogens is 3. The SMILES string of the molecule is CCNc1cc(C(=O)NCCc2ccccn2)ncn1. The number of nitrogens with zero attached hydrogens (tertiary/aromatic N) is 3. The molecular weight excluding hydrogens is 254 g/mol. The Bertz CT molecular complexity index is 559. The van der Waals surface area contributed by atoms with Gasteiger partial charge in [-0.05, 0) is 19.1 Å². The minimum Gasteiger partial charge on any atom is -0.370 e. The van der Waals surface area contributed by atoms with Crippen LogP contribution >= 0.6 is 0 Å². The van der Waals surface area contributed by atoms with E-state index >= 15 is 0 Å². The van der Waals surface area contributed by atoms with Crippen LogP contribution < -0.4 is 10.6 Å². The van der Waals surface area contributed by atoms with Crippen LogP contribution in [0.25, 0.3) is 0 Å². The van der Waals surface area contributed by atoms with Crippen molar-refractivity contribution >= 4 is 11.7 Å². The molecule has 6 heteroatoms. The van der Waals surface area contributed by atoms with Crippen LogP contribution in [0, 0.1) is 0 Å². The maximum Gasteiger partial charge on any atom is 0.270 e. The standard InChI is InChI=1S/C14H17N5O/c1-2-15-13-9-12(18-10-19-13)14(20)17-8-6-11-5-3-4-7-16-11/h3-5,7,9-10H,2,6,8H2,1H3,(H,17,20)(H,15,18,19). The van der Waals surface area contributed by atoms with E-state index < -0.39 is 0 Å². The molecule has 0 aromatic carbocycles. The van der Waals surface area contributed by atoms with E-state index in [1.807, 2.05) is 25.1 Å². The van der Waals surface area contributed by atoms with Gasteiger partial charge in [-0.3, -0.25) is 9.78 Å². The Morgan fingerprint density at radius 2 is 2.15 bits per heavy atom. The van der Waals surface area contributed by atoms with Gasteiger partial charge in [-0.1, -0.05) is 6.07 Å². The summed E-state index contributed by atoms with van der Waals surface area (Å²) in [5, 5.41) is 5.86. The van der Waals surface area contributed by atoms with Crippen LogP contribution in [0.5, 0.6) is 0 Å². The third-order valence-electron chi connectivity index (χ3n) is 2.65. The van der Waals surface area contributed by atoms with Crippen molar-refractivity contribution < 1.29 is 4.79 Å². The van der Waals surface area contributed by atoms with Crippen molar-refractivity contribution in [3.63, 3.8) is 0 Å². The molecule has 2 aromatic rings. The molecule has 2 aromatic heterocycles. The second-order valence-corrected chi connectivity index (χ2v) is 4.15. The Morgan fingerprint density at radius 1 is 1.25 bits per heavy atom. The number of amides is 1. The minimum atomic E-state index is -0.206. The van der Waals surface area contributed by atoms with Crippen molar-refractivity contribution in [2.75, 3.05) is 18.4 Å². The number of rotatable bonds is 6. The normalized spacial score (nSPS) is 10.1. The van der Waals surface area contributed by atoms with Gasteiger partial charge < -0.3 is 10.6 Å². The second kappa shape index (κ2) is 7.18. The van der Waals surface area contributed by atoms with Crippen LogP contribution in [0.1, 0.15) is 23.1 Å². The molecule has 104 valence electrons. The molecular formula is C14H17N5O. The summed E-state index contributed by atoms with van der Waals surface area (Å²) >= 11 is 0. The fraction of sp³-hybridized carbons (Fsp3) is 0.286. The van der Waals surface area contributed by atoms with E-state index in [1.165, 1.54) is 6.33 Å². The van der Waals surface area contributed by atoms with E-state index in [4.69, 9.17) is 0 Å². The minimum absolute atomic E-state index is 0.206. The molecule has 1 amide bonds. The van der Waals surface area contributed by atoms with Gasteiger partial charge in [0.2, 0.25) is 0 Å². The van der Waals surface area contributed by atoms with Crippen molar-refractivity contribution in [1.29, 1.82) is 0 Å². The predicted octanol–water partition coefficient (Wildman–Crippen LogP) is 1.28. The van der Waals surface area contributed by atoms with Gasteiger partial charge in [0, 0.05) is 37.5 Å². The fourth-order valence-corrected chi connectivity index (χ4v) is 1.70. The molecule has 2 rings (SSSR count). The molecule has 0 spiro atoms. The predicted molar refractivity (Wildman–Crippen MR) is 76.5 cm³/mol. The number of hydrogen-bond acceptors (Lipinski definition) is 5. The average molecular weight is 271 g/mol. The van der Waals surface area contributed by atoms with Gasteiger partial charge in [0.15, 0.2) is 0 Å². The Morgan fingerprint density at radius 3 is 2.90 bits per heavy atom. The lowest BCUT2D eigenvalue weighted by atomic mass is 10.2. The van der Waals surface area contributed by atoms with E-state index in [1.54, 1.807) is 12.3 Å². The Kier molecular flexibility index (Phi) is 5.00. The summed E-state index contributed by atoms with van der Waals surface area (Å²) in [6, 6.07) is 7.36. The van der Waals surface area contributed by atoms with Crippen molar-refractivity contribution in [3.8, 4) is 0 Å². The third kappa shape index (κ3) is 4.01. The molecule has 6 nitrogen and oxygen atoms in total. The zero-order valence-electron chi connectivity index (χ0n) is 11.3. The summed E-state index contributed by atoms with van der Waals surface area (Å²) in [5.74, 6) is 0.444. The van der Waals surface area contributed by atoms with Crippen LogP contribution in [0.3, 0.4) is 0 Å². The fourth-order valence-electron chi connectivity index (χ4n) is 1.70. The van der Waals surface area contributed by atoms with Gasteiger partial charge in [-0.25, -0.2) is 9.97 Å². The molecule has 0 bridgehead atoms. The number of hydrogen-bond donors (Lipinski definition) is 2. The first-order valence-corrected chi connectivity index (χ1v) is 6.53. The van der Waals surface area contributed by atoms with Crippen molar-refractivity contribution in [2.45, 2.75) is 13.3 Å². The maximum absolute atomic E-state index is 11.9. The van der Waals surface area contributed by atoms with E-state index in [0.29, 0.717) is 24.5 Å². The molecule has 0 aliphatic rings. The highest BCUT2D eigenvalue weighted by atomic mass is 16.1. The van der Waals surface area contributed by atoms with Gasteiger partial charge in [-0.15, -0.1) is 0 Å². The van der Waals surface area contributed by atoms with Gasteiger partial charge in [0.25, 0.3) is 5.91 Å². The molecule has 0 radical (unpaired) electrons. The first-order chi connectivity index (χ1) is 9.79. The molecule has 0 saturated carbocycles. The summed E-state index contributed by atoms with van der Waals surface area (Å²) in [5.41, 5.74) is 1.31. The van der Waals surface area contributed by atoms with E-state index in [-0.39, 0.29) is 5.91 Å². The molecule has 0 unspecified atom stereocenters. The largest absolute Gasteiger partial charge is 0.370 e. The second-order valence-electron chi connectivity index (χ2n) is 4.15. The number of carbonyl (C=O) groups excluding carboxylic acids is 1. The van der Waals surface area contributed by atoms with E-state index in [9.17, 15) is 4.79 Å². The van der Waals surface area contributed by atoms with Crippen molar-refractivity contribution in [2.24, 2.45) is 0 Å². The topological polar surface area (TPSA) is 79.8 Å². The quantitative estimate of drug-likeness (QED) is 0.827. The average Bonchev–Trinajstić information content (AvgIpc) is 2.49. The van der Waals surface area contributed by atoms with Crippen LogP contribution in [0.15, 0.2) is 36.8 Å². The lowest BCUT2D eigenvalue weighted by Gasteiger charge is -2.06. The highest BCUT2D eigenvalue weighted by Crippen LogP contribution is 2.03. The van der Waals surface area contributed by atoms with Gasteiger partial charge in [-0.2, -0.15) is 0 Å². The van der Waals surface area contributed by atoms with E-state index in [2.05, 4.69) is 25.6 Å². The van der Waals surface area contributed by atoms with Crippen LogP contribution in [-0.2, 0) is 6.42 Å². The number of anilines is 1. The third-order valence-corrected chi connectivity index (χ3v) is 2.65. The highest BCUT2D eigenvalue weighted by molar-refractivity contribution is 5.92. The summed E-state index contributed by atoms with van der Waals surface area (Å²) < 4.78 is 0. The molecule has 2 heterocycles. The van der Waals surface area contributed by atoms with Gasteiger partial charge >= 0.3 is 0 Å². The monoisotopic (exact) mass is 271 g/mol. The first kappa shape index (κ1) is 13.9. The van der Waals surface area contributed by atoms with E-state index in [0.717, 1.165) is 12.2 Å². The Balaban J connectivity index is 1.87. The summed E-state index contributed by atoms with van der Waals surface area (Å²) in [6.07, 6.45) is 3.81. The molecule has 0 saturated heterocycles. The van der Waals surface area contributed by atoms with Crippen LogP contribution in [0.4, 0.5) is 5.82 Å². The zero-order chi connectivity index (χ0) is 14.2. The van der Waals surface area contributed by atoms with Crippen molar-refractivity contribution in [3.05, 3.63) is 48.2 Å². The summed E-state index contributed by atoms with van der Waals surface area (Å²) in [7, 11) is 0. The Hall–Kier alpha value is -2.50. The number of carbonyl (C=O) groups is 1. The lowest BCUT2D eigenvalue weighted by molar-refractivity contribution is 0.0949. The summed E-state index contributed by atoms with van der Waals surface area (Å²) in [6.45, 7) is 3.24. The molecule has 2 N–H and O–H groups in total.